The van der Waals surface area contributed by atoms with Crippen LogP contribution in [0.15, 0.2) is 34.7 Å². The molecule has 0 atom stereocenters. The average Bonchev–Trinajstić information content (AvgIpc) is 2.57. The molecule has 2 rings (SSSR count). The summed E-state index contributed by atoms with van der Waals surface area (Å²) in [6.45, 7) is 3.74. The van der Waals surface area contributed by atoms with Crippen LogP contribution in [-0.2, 0) is 0 Å². The lowest BCUT2D eigenvalue weighted by molar-refractivity contribution is -2.00. The second kappa shape index (κ2) is 5.89. The van der Waals surface area contributed by atoms with Gasteiger partial charge in [-0.25, -0.2) is 18.6 Å². The van der Waals surface area contributed by atoms with E-state index in [0.29, 0.717) is 5.89 Å². The number of rotatable bonds is 1. The largest absolute Gasteiger partial charge is 0.386 e. The molecule has 0 bridgehead atoms. The Balaban J connectivity index is 0.000000280. The van der Waals surface area contributed by atoms with Gasteiger partial charge >= 0.3 is 5.89 Å². The third kappa shape index (κ3) is 5.21. The van der Waals surface area contributed by atoms with Crippen LogP contribution in [0.1, 0.15) is 11.8 Å². The fourth-order valence-corrected chi connectivity index (χ4v) is 1.30. The molecule has 0 saturated carbocycles. The predicted octanol–water partition coefficient (Wildman–Crippen LogP) is -3.19. The van der Waals surface area contributed by atoms with Gasteiger partial charge < -0.3 is 4.42 Å². The summed E-state index contributed by atoms with van der Waals surface area (Å²) < 4.78 is 41.1. The lowest BCUT2D eigenvalue weighted by atomic mass is 10.3. The Bertz CT molecular complexity index is 489. The highest BCUT2D eigenvalue weighted by molar-refractivity contribution is 5.20. The Morgan fingerprint density at radius 2 is 1.56 bits per heavy atom. The summed E-state index contributed by atoms with van der Waals surface area (Å²) >= 11 is 0. The maximum Gasteiger partial charge on any atom is 0.377 e. The van der Waals surface area contributed by atoms with Gasteiger partial charge in [-0.1, -0.05) is 18.2 Å². The number of halogens is 1. The zero-order valence-electron chi connectivity index (χ0n) is 9.70. The summed E-state index contributed by atoms with van der Waals surface area (Å²) in [5.74, 6) is 1.48. The maximum absolute atomic E-state index is 8.49. The van der Waals surface area contributed by atoms with Gasteiger partial charge in [0.25, 0.3) is 5.89 Å². The Morgan fingerprint density at radius 1 is 1.06 bits per heavy atom. The smallest absolute Gasteiger partial charge is 0.377 e. The van der Waals surface area contributed by atoms with Crippen LogP contribution in [0, 0.1) is 24.1 Å². The van der Waals surface area contributed by atoms with Crippen molar-refractivity contribution in [1.82, 2.24) is 5.10 Å². The number of aromatic nitrogens is 2. The number of aryl methyl sites for hydroxylation is 2. The van der Waals surface area contributed by atoms with Crippen LogP contribution in [0.3, 0.4) is 0 Å². The summed E-state index contributed by atoms with van der Waals surface area (Å²) in [7, 11) is -4.94. The molecule has 8 heteroatoms. The predicted molar refractivity (Wildman–Crippen MR) is 47.5 cm³/mol. The summed E-state index contributed by atoms with van der Waals surface area (Å²) in [6, 6.07) is 9.92. The first-order valence-corrected chi connectivity index (χ1v) is 6.04. The molecule has 1 aromatic heterocycles. The summed E-state index contributed by atoms with van der Waals surface area (Å²) in [5.41, 5.74) is 1.02. The second-order valence-electron chi connectivity index (χ2n) is 3.27. The van der Waals surface area contributed by atoms with E-state index in [4.69, 9.17) is 23.1 Å². The normalized spacial score (nSPS) is 10.8. The van der Waals surface area contributed by atoms with E-state index >= 15 is 0 Å². The fraction of sp³-hybridized carbons (Fsp3) is 0.200. The van der Waals surface area contributed by atoms with Crippen LogP contribution in [-0.4, -0.2) is 5.10 Å². The molecule has 0 unspecified atom stereocenters. The van der Waals surface area contributed by atoms with Crippen molar-refractivity contribution < 1.29 is 38.0 Å². The molecule has 98 valence electrons. The van der Waals surface area contributed by atoms with Crippen molar-refractivity contribution in [3.05, 3.63) is 42.1 Å². The Morgan fingerprint density at radius 3 is 1.94 bits per heavy atom. The molecule has 7 nitrogen and oxygen atoms in total. The molecule has 0 aliphatic rings. The monoisotopic (exact) mass is 274 g/mol. The van der Waals surface area contributed by atoms with Gasteiger partial charge in [0.1, 0.15) is 0 Å². The van der Waals surface area contributed by atoms with Crippen molar-refractivity contribution >= 4 is 0 Å². The van der Waals surface area contributed by atoms with Gasteiger partial charge in [0.2, 0.25) is 5.69 Å². The first kappa shape index (κ1) is 14.6. The van der Waals surface area contributed by atoms with E-state index in [9.17, 15) is 0 Å². The first-order chi connectivity index (χ1) is 8.27. The SMILES string of the molecule is Cc1n[n+](-c2ccccc2)c(C)o1.[O-][Cl+3]([O-])([O-])[O-]. The van der Waals surface area contributed by atoms with Crippen molar-refractivity contribution in [3.8, 4) is 5.69 Å². The highest BCUT2D eigenvalue weighted by atomic mass is 35.7. The lowest BCUT2D eigenvalue weighted by Crippen LogP contribution is -2.68. The Labute approximate surface area is 105 Å². The molecule has 0 aliphatic heterocycles. The van der Waals surface area contributed by atoms with Crippen LogP contribution >= 0.6 is 0 Å². The number of hydrogen-bond donors (Lipinski definition) is 0. The molecule has 1 aromatic carbocycles. The molecular formula is C10H11ClN2O5. The average molecular weight is 275 g/mol. The molecule has 0 radical (unpaired) electrons. The zero-order chi connectivity index (χ0) is 13.8. The maximum atomic E-state index is 8.49. The molecule has 0 saturated heterocycles. The second-order valence-corrected chi connectivity index (χ2v) is 4.02. The van der Waals surface area contributed by atoms with Gasteiger partial charge in [-0.3, -0.25) is 0 Å². The highest BCUT2D eigenvalue weighted by Crippen LogP contribution is 2.01. The summed E-state index contributed by atoms with van der Waals surface area (Å²) in [5, 5.41) is 4.23. The van der Waals surface area contributed by atoms with E-state index < -0.39 is 10.2 Å². The quantitative estimate of drug-likeness (QED) is 0.505. The summed E-state index contributed by atoms with van der Waals surface area (Å²) in [6.07, 6.45) is 0. The van der Waals surface area contributed by atoms with Crippen LogP contribution in [0.25, 0.3) is 5.69 Å². The summed E-state index contributed by atoms with van der Waals surface area (Å²) in [4.78, 5) is 0. The van der Waals surface area contributed by atoms with Crippen LogP contribution in [0.4, 0.5) is 0 Å². The van der Waals surface area contributed by atoms with Crippen molar-refractivity contribution in [2.75, 3.05) is 0 Å². The zero-order valence-corrected chi connectivity index (χ0v) is 10.5. The minimum Gasteiger partial charge on any atom is -0.386 e. The fourth-order valence-electron chi connectivity index (χ4n) is 1.30. The number of nitrogens with zero attached hydrogens (tertiary/aromatic N) is 2. The van der Waals surface area contributed by atoms with E-state index in [1.54, 1.807) is 4.68 Å². The van der Waals surface area contributed by atoms with Crippen LogP contribution in [0.5, 0.6) is 0 Å². The van der Waals surface area contributed by atoms with E-state index in [2.05, 4.69) is 5.10 Å². The number of para-hydroxylation sites is 1. The molecule has 0 aliphatic carbocycles. The van der Waals surface area contributed by atoms with E-state index in [0.717, 1.165) is 11.6 Å². The van der Waals surface area contributed by atoms with Gasteiger partial charge in [-0.05, 0) is 4.68 Å². The molecular weight excluding hydrogens is 264 g/mol. The number of hydrogen-bond acceptors (Lipinski definition) is 6. The van der Waals surface area contributed by atoms with Crippen molar-refractivity contribution in [3.63, 3.8) is 0 Å². The van der Waals surface area contributed by atoms with E-state index in [-0.39, 0.29) is 0 Å². The topological polar surface area (TPSA) is 122 Å². The molecule has 2 aromatic rings. The molecule has 18 heavy (non-hydrogen) atoms. The van der Waals surface area contributed by atoms with Crippen molar-refractivity contribution in [2.45, 2.75) is 13.8 Å². The number of benzene rings is 1. The molecule has 1 heterocycles. The van der Waals surface area contributed by atoms with Crippen molar-refractivity contribution in [2.24, 2.45) is 0 Å². The van der Waals surface area contributed by atoms with Gasteiger partial charge in [-0.15, -0.1) is 10.2 Å². The first-order valence-electron chi connectivity index (χ1n) is 4.81. The Hall–Kier alpha value is -1.51. The standard InChI is InChI=1S/C10H11N2O.ClHO4/c1-8-11-12(9(2)13-8)10-6-4-3-5-7-10;2-1(3,4)5/h3-7H,1-2H3;(H,2,3,4,5)/q+1;/p-1. The Kier molecular flexibility index (Phi) is 4.76. The lowest BCUT2D eigenvalue weighted by Gasteiger charge is -2.17. The van der Waals surface area contributed by atoms with Gasteiger partial charge in [-0.2, -0.15) is 0 Å². The molecule has 0 spiro atoms. The molecule has 0 N–H and O–H groups in total. The molecule has 0 fully saturated rings. The van der Waals surface area contributed by atoms with Gasteiger partial charge in [0.15, 0.2) is 0 Å². The van der Waals surface area contributed by atoms with Gasteiger partial charge in [0, 0.05) is 24.2 Å². The third-order valence-corrected chi connectivity index (χ3v) is 1.84. The van der Waals surface area contributed by atoms with Crippen LogP contribution < -0.4 is 23.3 Å². The highest BCUT2D eigenvalue weighted by Gasteiger charge is 2.17. The molecule has 0 amide bonds. The van der Waals surface area contributed by atoms with E-state index in [1.165, 1.54) is 0 Å². The van der Waals surface area contributed by atoms with Crippen molar-refractivity contribution in [1.29, 1.82) is 0 Å². The third-order valence-electron chi connectivity index (χ3n) is 1.84. The van der Waals surface area contributed by atoms with E-state index in [1.807, 2.05) is 44.2 Å². The minimum absolute atomic E-state index is 0.682. The van der Waals surface area contributed by atoms with Gasteiger partial charge in [0.05, 0.1) is 6.92 Å². The van der Waals surface area contributed by atoms with Crippen LogP contribution in [0.2, 0.25) is 0 Å². The minimum atomic E-state index is -4.94.